The first-order chi connectivity index (χ1) is 15.6. The van der Waals surface area contributed by atoms with Crippen LogP contribution in [0.15, 0.2) is 0 Å². The largest absolute Gasteiger partial charge is 0.480 e. The van der Waals surface area contributed by atoms with Crippen LogP contribution in [0, 0.1) is 5.92 Å². The zero-order valence-corrected chi connectivity index (χ0v) is 19.8. The van der Waals surface area contributed by atoms with Crippen LogP contribution in [0.5, 0.6) is 0 Å². The SMILES string of the molecule is CCCCC(N)(NC(=O)NC(CCCCN)C(=O)O)C(=O)N(NCCC)C(C(N)=O)C1CC1. The van der Waals surface area contributed by atoms with Gasteiger partial charge in [0.1, 0.15) is 12.1 Å². The number of carbonyl (C=O) groups excluding carboxylic acids is 3. The van der Waals surface area contributed by atoms with Crippen LogP contribution < -0.4 is 33.3 Å². The maximum Gasteiger partial charge on any atom is 0.326 e. The van der Waals surface area contributed by atoms with Gasteiger partial charge < -0.3 is 32.9 Å². The van der Waals surface area contributed by atoms with Gasteiger partial charge in [-0.25, -0.2) is 15.0 Å². The Morgan fingerprint density at radius 3 is 2.27 bits per heavy atom. The van der Waals surface area contributed by atoms with Gasteiger partial charge in [0.15, 0.2) is 5.66 Å². The zero-order valence-electron chi connectivity index (χ0n) is 19.8. The van der Waals surface area contributed by atoms with Crippen LogP contribution in [-0.4, -0.2) is 64.8 Å². The van der Waals surface area contributed by atoms with Gasteiger partial charge in [0.25, 0.3) is 5.91 Å². The first kappa shape index (κ1) is 28.6. The molecule has 1 rings (SSSR count). The number of unbranched alkanes of at least 4 members (excludes halogenated alkanes) is 2. The Balaban J connectivity index is 3.08. The predicted octanol–water partition coefficient (Wildman–Crippen LogP) is -0.280. The number of amides is 4. The highest BCUT2D eigenvalue weighted by molar-refractivity contribution is 5.94. The summed E-state index contributed by atoms with van der Waals surface area (Å²) in [6.07, 6.45) is 4.86. The van der Waals surface area contributed by atoms with Gasteiger partial charge in [-0.3, -0.25) is 14.6 Å². The van der Waals surface area contributed by atoms with Crippen LogP contribution in [0.3, 0.4) is 0 Å². The van der Waals surface area contributed by atoms with E-state index in [1.165, 1.54) is 0 Å². The summed E-state index contributed by atoms with van der Waals surface area (Å²) in [5.41, 5.74) is 18.5. The highest BCUT2D eigenvalue weighted by atomic mass is 16.4. The van der Waals surface area contributed by atoms with Crippen LogP contribution in [0.2, 0.25) is 0 Å². The van der Waals surface area contributed by atoms with Crippen LogP contribution in [-0.2, 0) is 14.4 Å². The number of nitrogens with two attached hydrogens (primary N) is 3. The summed E-state index contributed by atoms with van der Waals surface area (Å²) in [7, 11) is 0. The molecule has 0 aromatic heterocycles. The van der Waals surface area contributed by atoms with E-state index in [4.69, 9.17) is 17.2 Å². The highest BCUT2D eigenvalue weighted by Crippen LogP contribution is 2.35. The third-order valence-electron chi connectivity index (χ3n) is 5.58. The van der Waals surface area contributed by atoms with Gasteiger partial charge >= 0.3 is 12.0 Å². The molecule has 0 aromatic carbocycles. The van der Waals surface area contributed by atoms with E-state index in [2.05, 4.69) is 16.1 Å². The molecule has 1 aliphatic carbocycles. The van der Waals surface area contributed by atoms with Crippen molar-refractivity contribution in [3.8, 4) is 0 Å². The minimum absolute atomic E-state index is 0.0704. The van der Waals surface area contributed by atoms with E-state index in [0.717, 1.165) is 17.9 Å². The summed E-state index contributed by atoms with van der Waals surface area (Å²) in [5, 5.41) is 15.4. The Kier molecular flexibility index (Phi) is 12.1. The van der Waals surface area contributed by atoms with Crippen molar-refractivity contribution in [3.05, 3.63) is 0 Å². The molecule has 10 N–H and O–H groups in total. The molecule has 0 saturated heterocycles. The number of carbonyl (C=O) groups is 4. The van der Waals surface area contributed by atoms with Gasteiger partial charge in [-0.2, -0.15) is 0 Å². The minimum Gasteiger partial charge on any atom is -0.480 e. The molecule has 190 valence electrons. The molecule has 0 radical (unpaired) electrons. The Morgan fingerprint density at radius 2 is 1.79 bits per heavy atom. The number of hydrogen-bond acceptors (Lipinski definition) is 7. The molecule has 12 nitrogen and oxygen atoms in total. The monoisotopic (exact) mass is 471 g/mol. The second-order valence-corrected chi connectivity index (χ2v) is 8.62. The van der Waals surface area contributed by atoms with E-state index in [1.54, 1.807) is 0 Å². The maximum absolute atomic E-state index is 13.6. The lowest BCUT2D eigenvalue weighted by atomic mass is 10.0. The molecule has 12 heteroatoms. The number of hydrogen-bond donors (Lipinski definition) is 7. The molecule has 33 heavy (non-hydrogen) atoms. The molecule has 3 unspecified atom stereocenters. The third-order valence-corrected chi connectivity index (χ3v) is 5.58. The zero-order chi connectivity index (χ0) is 25.0. The lowest BCUT2D eigenvalue weighted by Gasteiger charge is -2.38. The van der Waals surface area contributed by atoms with Crippen LogP contribution >= 0.6 is 0 Å². The van der Waals surface area contributed by atoms with Crippen molar-refractivity contribution in [1.29, 1.82) is 0 Å². The summed E-state index contributed by atoms with van der Waals surface area (Å²) >= 11 is 0. The second-order valence-electron chi connectivity index (χ2n) is 8.62. The fraction of sp³-hybridized carbons (Fsp3) is 0.810. The molecule has 0 spiro atoms. The molecular weight excluding hydrogens is 430 g/mol. The number of primary amides is 1. The van der Waals surface area contributed by atoms with Crippen molar-refractivity contribution in [2.24, 2.45) is 23.1 Å². The van der Waals surface area contributed by atoms with Gasteiger partial charge in [-0.05, 0) is 63.8 Å². The first-order valence-electron chi connectivity index (χ1n) is 11.8. The normalized spacial score (nSPS) is 16.8. The molecular formula is C21H41N7O5. The van der Waals surface area contributed by atoms with E-state index >= 15 is 0 Å². The Labute approximate surface area is 195 Å². The van der Waals surface area contributed by atoms with E-state index in [-0.39, 0.29) is 18.8 Å². The van der Waals surface area contributed by atoms with Crippen LogP contribution in [0.1, 0.15) is 71.6 Å². The fourth-order valence-electron chi connectivity index (χ4n) is 3.55. The van der Waals surface area contributed by atoms with E-state index < -0.39 is 41.6 Å². The third kappa shape index (κ3) is 9.14. The molecule has 1 saturated carbocycles. The van der Waals surface area contributed by atoms with Crippen LogP contribution in [0.4, 0.5) is 4.79 Å². The number of nitrogens with zero attached hydrogens (tertiary/aromatic N) is 1. The van der Waals surface area contributed by atoms with Crippen molar-refractivity contribution >= 4 is 23.8 Å². The van der Waals surface area contributed by atoms with Crippen molar-refractivity contribution in [1.82, 2.24) is 21.1 Å². The Hall–Kier alpha value is -2.44. The molecule has 4 amide bonds. The maximum atomic E-state index is 13.6. The summed E-state index contributed by atoms with van der Waals surface area (Å²) in [6.45, 7) is 4.63. The summed E-state index contributed by atoms with van der Waals surface area (Å²) in [5.74, 6) is -2.61. The van der Waals surface area contributed by atoms with Crippen molar-refractivity contribution < 1.29 is 24.3 Å². The van der Waals surface area contributed by atoms with Crippen molar-refractivity contribution in [3.63, 3.8) is 0 Å². The highest BCUT2D eigenvalue weighted by Gasteiger charge is 2.47. The van der Waals surface area contributed by atoms with Gasteiger partial charge in [0.2, 0.25) is 5.91 Å². The molecule has 0 heterocycles. The Morgan fingerprint density at radius 1 is 1.12 bits per heavy atom. The molecule has 3 atom stereocenters. The predicted molar refractivity (Wildman–Crippen MR) is 123 cm³/mol. The van der Waals surface area contributed by atoms with E-state index in [1.807, 2.05) is 13.8 Å². The number of carboxylic acid groups (broad SMARTS) is 1. The summed E-state index contributed by atoms with van der Waals surface area (Å²) in [4.78, 5) is 50.0. The van der Waals surface area contributed by atoms with E-state index in [0.29, 0.717) is 45.2 Å². The average Bonchev–Trinajstić information content (AvgIpc) is 3.58. The topological polar surface area (TPSA) is 206 Å². The summed E-state index contributed by atoms with van der Waals surface area (Å²) in [6, 6.07) is -2.91. The van der Waals surface area contributed by atoms with Gasteiger partial charge in [-0.15, -0.1) is 0 Å². The molecule has 1 aliphatic rings. The average molecular weight is 472 g/mol. The molecule has 1 fully saturated rings. The smallest absolute Gasteiger partial charge is 0.326 e. The summed E-state index contributed by atoms with van der Waals surface area (Å²) < 4.78 is 0. The van der Waals surface area contributed by atoms with Crippen molar-refractivity contribution in [2.75, 3.05) is 13.1 Å². The number of aliphatic carboxylic acids is 1. The number of hydrazine groups is 1. The number of carboxylic acids is 1. The minimum atomic E-state index is -1.86. The Bertz CT molecular complexity index is 673. The second kappa shape index (κ2) is 14.0. The number of urea groups is 1. The van der Waals surface area contributed by atoms with Crippen molar-refractivity contribution in [2.45, 2.75) is 89.4 Å². The standard InChI is InChI=1S/C21H41N7O5/c1-3-5-11-21(24,27-20(33)26-15(18(30)31)8-6-7-12-22)19(32)28(25-13-4-2)16(17(23)29)14-9-10-14/h14-16,25H,3-13,22,24H2,1-2H3,(H2,23,29)(H,30,31)(H2,26,27,33). The number of rotatable bonds is 17. The lowest BCUT2D eigenvalue weighted by Crippen LogP contribution is -2.71. The molecule has 0 bridgehead atoms. The molecule has 0 aromatic rings. The first-order valence-corrected chi connectivity index (χ1v) is 11.8. The van der Waals surface area contributed by atoms with Gasteiger partial charge in [-0.1, -0.05) is 20.3 Å². The quantitative estimate of drug-likeness (QED) is 0.0850. The number of nitrogens with one attached hydrogen (secondary N) is 3. The fourth-order valence-corrected chi connectivity index (χ4v) is 3.55. The van der Waals surface area contributed by atoms with Gasteiger partial charge in [0.05, 0.1) is 0 Å². The lowest BCUT2D eigenvalue weighted by molar-refractivity contribution is -0.150. The van der Waals surface area contributed by atoms with E-state index in [9.17, 15) is 24.3 Å². The molecule has 0 aliphatic heterocycles. The van der Waals surface area contributed by atoms with Crippen LogP contribution in [0.25, 0.3) is 0 Å². The van der Waals surface area contributed by atoms with Gasteiger partial charge in [0, 0.05) is 6.54 Å².